The Morgan fingerprint density at radius 1 is 0.444 bits per heavy atom. The molecule has 0 spiro atoms. The van der Waals surface area contributed by atoms with Crippen LogP contribution >= 0.6 is 7.82 Å². The summed E-state index contributed by atoms with van der Waals surface area (Å²) < 4.78 is 30.4. The van der Waals surface area contributed by atoms with Crippen molar-refractivity contribution in [3.8, 4) is 0 Å². The van der Waals surface area contributed by atoms with Gasteiger partial charge < -0.3 is 28.5 Å². The molecule has 0 aromatic carbocycles. The number of hydrogen-bond donors (Lipinski definition) is 1. The maximum Gasteiger partial charge on any atom is 0.306 e. The average molecular weight is 1160 g/mol. The number of likely N-dealkylation sites (N-methyl/N-ethyl adjacent to an activating group) is 1. The molecule has 0 heterocycles. The highest BCUT2D eigenvalue weighted by Crippen LogP contribution is 2.38. The number of phosphoric ester groups is 1. The highest BCUT2D eigenvalue weighted by molar-refractivity contribution is 7.45. The van der Waals surface area contributed by atoms with Gasteiger partial charge in [0.05, 0.1) is 33.8 Å². The van der Waals surface area contributed by atoms with Gasteiger partial charge in [-0.25, -0.2) is 0 Å². The minimum Gasteiger partial charge on any atom is -0.756 e. The molecule has 1 amide bonds. The van der Waals surface area contributed by atoms with Gasteiger partial charge in [-0.1, -0.05) is 299 Å². The molecule has 0 saturated heterocycles. The smallest absolute Gasteiger partial charge is 0.306 e. The SMILES string of the molecule is CC/C=C\C/C=C\C/C=C\C/C=C\C/C=C\CCCCCCCC(=O)OC(/C=C/CCCCCCCCCCCCC)C(COP(=O)([O-])OCC[N+](C)(C)C)NC(=O)CCCCCCCCCCCCCCCCCCCCCCC. The van der Waals surface area contributed by atoms with Crippen molar-refractivity contribution in [2.45, 2.75) is 328 Å². The fourth-order valence-corrected chi connectivity index (χ4v) is 10.6. The van der Waals surface area contributed by atoms with E-state index < -0.39 is 26.6 Å². The molecule has 0 radical (unpaired) electrons. The molecule has 0 saturated carbocycles. The Morgan fingerprint density at radius 3 is 1.19 bits per heavy atom. The van der Waals surface area contributed by atoms with Crippen molar-refractivity contribution in [2.24, 2.45) is 0 Å². The van der Waals surface area contributed by atoms with Gasteiger partial charge in [-0.15, -0.1) is 0 Å². The Bertz CT molecular complexity index is 1620. The van der Waals surface area contributed by atoms with E-state index in [1.807, 2.05) is 33.3 Å². The lowest BCUT2D eigenvalue weighted by Gasteiger charge is -2.30. The van der Waals surface area contributed by atoms with Gasteiger partial charge in [0, 0.05) is 12.8 Å². The predicted molar refractivity (Wildman–Crippen MR) is 348 cm³/mol. The normalized spacial score (nSPS) is 14.0. The van der Waals surface area contributed by atoms with E-state index in [9.17, 15) is 19.0 Å². The maximum atomic E-state index is 13.6. The van der Waals surface area contributed by atoms with Crippen LogP contribution in [0.3, 0.4) is 0 Å². The zero-order chi connectivity index (χ0) is 59.3. The number of carbonyl (C=O) groups is 2. The number of hydrogen-bond acceptors (Lipinski definition) is 7. The summed E-state index contributed by atoms with van der Waals surface area (Å²) >= 11 is 0. The molecule has 472 valence electrons. The summed E-state index contributed by atoms with van der Waals surface area (Å²) in [5, 5.41) is 3.04. The standard InChI is InChI=1S/C71H131N2O7P/c1-7-10-13-16-19-22-25-28-30-32-34-36-38-40-42-45-48-51-54-57-60-63-70(74)72-68(67-79-81(76,77)78-66-65-73(4,5)6)69(62-59-56-53-50-47-44-27-24-21-18-15-12-9-3)80-71(75)64-61-58-55-52-49-46-43-41-39-37-35-33-31-29-26-23-20-17-14-11-8-2/h11,14,20,23,29,31,35,37,41,43,59,62,68-69H,7-10,12-13,15-19,21-22,24-28,30,32-34,36,38-40,42,44-58,60-61,63-67H2,1-6H3,(H-,72,74,76,77)/b14-11-,23-20-,31-29-,37-35-,43-41-,62-59+. The molecule has 0 aliphatic heterocycles. The molecule has 3 atom stereocenters. The molecule has 0 aliphatic carbocycles. The van der Waals surface area contributed by atoms with E-state index in [0.717, 1.165) is 103 Å². The zero-order valence-electron chi connectivity index (χ0n) is 54.0. The summed E-state index contributed by atoms with van der Waals surface area (Å²) in [6.07, 6.45) is 78.7. The first-order valence-electron chi connectivity index (χ1n) is 34.2. The van der Waals surface area contributed by atoms with Crippen LogP contribution in [0.25, 0.3) is 0 Å². The lowest BCUT2D eigenvalue weighted by molar-refractivity contribution is -0.870. The van der Waals surface area contributed by atoms with E-state index in [1.165, 1.54) is 173 Å². The minimum atomic E-state index is -4.71. The quantitative estimate of drug-likeness (QED) is 0.0212. The number of nitrogens with zero attached hydrogens (tertiary/aromatic N) is 1. The maximum absolute atomic E-state index is 13.6. The third-order valence-electron chi connectivity index (χ3n) is 15.2. The Kier molecular flexibility index (Phi) is 58.7. The summed E-state index contributed by atoms with van der Waals surface area (Å²) in [6, 6.07) is -0.898. The van der Waals surface area contributed by atoms with Gasteiger partial charge in [-0.05, 0) is 76.7 Å². The summed E-state index contributed by atoms with van der Waals surface area (Å²) in [5.41, 5.74) is 0. The van der Waals surface area contributed by atoms with E-state index in [0.29, 0.717) is 23.9 Å². The van der Waals surface area contributed by atoms with Crippen molar-refractivity contribution >= 4 is 19.7 Å². The Morgan fingerprint density at radius 2 is 0.790 bits per heavy atom. The van der Waals surface area contributed by atoms with Crippen LogP contribution in [-0.4, -0.2) is 69.4 Å². The number of esters is 1. The number of phosphoric acid groups is 1. The number of carbonyl (C=O) groups excluding carboxylic acids is 2. The van der Waals surface area contributed by atoms with Crippen molar-refractivity contribution in [3.63, 3.8) is 0 Å². The van der Waals surface area contributed by atoms with Crippen LogP contribution in [0.4, 0.5) is 0 Å². The highest BCUT2D eigenvalue weighted by Gasteiger charge is 2.27. The summed E-state index contributed by atoms with van der Waals surface area (Å²) in [5.74, 6) is -0.552. The molecule has 0 aromatic heterocycles. The van der Waals surface area contributed by atoms with Gasteiger partial charge in [-0.3, -0.25) is 14.2 Å². The van der Waals surface area contributed by atoms with Gasteiger partial charge in [0.15, 0.2) is 0 Å². The Balaban J connectivity index is 5.20. The third-order valence-corrected chi connectivity index (χ3v) is 16.1. The molecule has 0 bridgehead atoms. The van der Waals surface area contributed by atoms with Crippen molar-refractivity contribution < 1.29 is 37.3 Å². The minimum absolute atomic E-state index is 0.0264. The van der Waals surface area contributed by atoms with E-state index in [2.05, 4.69) is 86.8 Å². The van der Waals surface area contributed by atoms with Crippen molar-refractivity contribution in [1.29, 1.82) is 0 Å². The van der Waals surface area contributed by atoms with E-state index in [1.54, 1.807) is 0 Å². The molecule has 0 aliphatic rings. The second kappa shape index (κ2) is 60.6. The number of ether oxygens (including phenoxy) is 1. The molecular weight excluding hydrogens is 1020 g/mol. The fraction of sp³-hybridized carbons (Fsp3) is 0.803. The molecular formula is C71H131N2O7P. The largest absolute Gasteiger partial charge is 0.756 e. The Hall–Kier alpha value is -2.55. The monoisotopic (exact) mass is 1150 g/mol. The van der Waals surface area contributed by atoms with E-state index in [-0.39, 0.29) is 24.9 Å². The zero-order valence-corrected chi connectivity index (χ0v) is 54.9. The lowest BCUT2D eigenvalue weighted by atomic mass is 10.0. The van der Waals surface area contributed by atoms with Crippen LogP contribution in [0.15, 0.2) is 72.9 Å². The van der Waals surface area contributed by atoms with Crippen LogP contribution in [0.1, 0.15) is 316 Å². The molecule has 3 unspecified atom stereocenters. The lowest BCUT2D eigenvalue weighted by Crippen LogP contribution is -2.47. The van der Waals surface area contributed by atoms with Crippen LogP contribution in [-0.2, 0) is 27.9 Å². The first kappa shape index (κ1) is 78.5. The topological polar surface area (TPSA) is 114 Å². The van der Waals surface area contributed by atoms with Crippen LogP contribution in [0, 0.1) is 0 Å². The molecule has 81 heavy (non-hydrogen) atoms. The van der Waals surface area contributed by atoms with Crippen molar-refractivity contribution in [2.75, 3.05) is 40.9 Å². The highest BCUT2D eigenvalue weighted by atomic mass is 31.2. The number of unbranched alkanes of at least 4 members (excludes halogenated alkanes) is 36. The third kappa shape index (κ3) is 61.8. The van der Waals surface area contributed by atoms with Crippen LogP contribution in [0.2, 0.25) is 0 Å². The first-order chi connectivity index (χ1) is 39.4. The van der Waals surface area contributed by atoms with Crippen LogP contribution in [0.5, 0.6) is 0 Å². The van der Waals surface area contributed by atoms with Crippen molar-refractivity contribution in [3.05, 3.63) is 72.9 Å². The summed E-state index contributed by atoms with van der Waals surface area (Å²) in [4.78, 5) is 40.1. The van der Waals surface area contributed by atoms with E-state index in [4.69, 9.17) is 13.8 Å². The van der Waals surface area contributed by atoms with Gasteiger partial charge >= 0.3 is 5.97 Å². The fourth-order valence-electron chi connectivity index (χ4n) is 9.90. The van der Waals surface area contributed by atoms with Gasteiger partial charge in [0.1, 0.15) is 19.3 Å². The van der Waals surface area contributed by atoms with Crippen molar-refractivity contribution in [1.82, 2.24) is 5.32 Å². The predicted octanol–water partition coefficient (Wildman–Crippen LogP) is 20.9. The van der Waals surface area contributed by atoms with Gasteiger partial charge in [0.2, 0.25) is 5.91 Å². The molecule has 10 heteroatoms. The summed E-state index contributed by atoms with van der Waals surface area (Å²) in [7, 11) is 1.18. The number of nitrogens with one attached hydrogen (secondary N) is 1. The van der Waals surface area contributed by atoms with E-state index >= 15 is 0 Å². The molecule has 1 N–H and O–H groups in total. The average Bonchev–Trinajstić information content (AvgIpc) is 3.44. The van der Waals surface area contributed by atoms with Gasteiger partial charge in [0.25, 0.3) is 7.82 Å². The second-order valence-electron chi connectivity index (χ2n) is 24.3. The molecule has 0 rings (SSSR count). The molecule has 9 nitrogen and oxygen atoms in total. The second-order valence-corrected chi connectivity index (χ2v) is 25.7. The van der Waals surface area contributed by atoms with Gasteiger partial charge in [-0.2, -0.15) is 0 Å². The molecule has 0 fully saturated rings. The number of rotatable bonds is 62. The Labute approximate surface area is 502 Å². The number of quaternary nitrogens is 1. The summed E-state index contributed by atoms with van der Waals surface area (Å²) in [6.45, 7) is 6.76. The number of amides is 1. The van der Waals surface area contributed by atoms with Crippen LogP contribution < -0.4 is 10.2 Å². The first-order valence-corrected chi connectivity index (χ1v) is 35.7. The number of allylic oxidation sites excluding steroid dienone is 11. The molecule has 0 aromatic rings.